The molecule has 1 fully saturated rings. The van der Waals surface area contributed by atoms with E-state index in [2.05, 4.69) is 9.95 Å². The summed E-state index contributed by atoms with van der Waals surface area (Å²) in [4.78, 5) is 54.7. The number of phosphoric acid groups is 1. The zero-order valence-corrected chi connectivity index (χ0v) is 18.5. The molecule has 2 aromatic rings. The Labute approximate surface area is 188 Å². The molecule has 10 nitrogen and oxygen atoms in total. The van der Waals surface area contributed by atoms with Crippen molar-refractivity contribution < 1.29 is 43.0 Å². The number of hydrogen-bond acceptors (Lipinski definition) is 7. The Hall–Kier alpha value is -2.69. The largest absolute Gasteiger partial charge is 0.545 e. The Kier molecular flexibility index (Phi) is 7.37. The number of hydrogen-bond donors (Lipinski definition) is 3. The van der Waals surface area contributed by atoms with Crippen molar-refractivity contribution in [1.82, 2.24) is 5.43 Å². The monoisotopic (exact) mass is 480 g/mol. The predicted octanol–water partition coefficient (Wildman–Crippen LogP) is 0.847. The maximum atomic E-state index is 13.0. The highest BCUT2D eigenvalue weighted by Gasteiger charge is 2.40. The maximum absolute atomic E-state index is 13.0. The van der Waals surface area contributed by atoms with Gasteiger partial charge in [0.1, 0.15) is 18.8 Å². The van der Waals surface area contributed by atoms with Crippen LogP contribution >= 0.6 is 19.6 Å². The minimum absolute atomic E-state index is 0.0136. The van der Waals surface area contributed by atoms with E-state index >= 15 is 0 Å². The van der Waals surface area contributed by atoms with Gasteiger partial charge in [0.15, 0.2) is 0 Å². The second-order valence-corrected chi connectivity index (χ2v) is 9.53. The summed E-state index contributed by atoms with van der Waals surface area (Å²) in [7, 11) is -4.72. The summed E-state index contributed by atoms with van der Waals surface area (Å²) >= 11 is 1.60. The molecule has 0 radical (unpaired) electrons. The van der Waals surface area contributed by atoms with Crippen LogP contribution < -0.4 is 15.1 Å². The fourth-order valence-corrected chi connectivity index (χ4v) is 4.63. The van der Waals surface area contributed by atoms with Crippen LogP contribution in [-0.2, 0) is 15.9 Å². The smallest absolute Gasteiger partial charge is 0.524 e. The normalized spacial score (nSPS) is 19.1. The minimum atomic E-state index is -4.72. The van der Waals surface area contributed by atoms with Gasteiger partial charge in [-0.05, 0) is 29.8 Å². The van der Waals surface area contributed by atoms with Crippen LogP contribution in [0.1, 0.15) is 32.7 Å². The van der Waals surface area contributed by atoms with Crippen molar-refractivity contribution in [3.63, 3.8) is 0 Å². The lowest BCUT2D eigenvalue weighted by Gasteiger charge is -2.34. The lowest BCUT2D eigenvalue weighted by Crippen LogP contribution is -2.63. The molecule has 12 heteroatoms. The van der Waals surface area contributed by atoms with Crippen molar-refractivity contribution in [3.8, 4) is 5.75 Å². The molecule has 0 bridgehead atoms. The lowest BCUT2D eigenvalue weighted by atomic mass is 10.1. The van der Waals surface area contributed by atoms with Crippen molar-refractivity contribution in [2.75, 3.05) is 18.1 Å². The Morgan fingerprint density at radius 1 is 1.06 bits per heavy atom. The first-order chi connectivity index (χ1) is 15.1. The Balaban J connectivity index is 1.84. The molecule has 1 saturated heterocycles. The molecule has 3 rings (SSSR count). The van der Waals surface area contributed by atoms with Crippen LogP contribution in [0, 0.1) is 0 Å². The van der Waals surface area contributed by atoms with E-state index in [-0.39, 0.29) is 40.3 Å². The Bertz CT molecular complexity index is 1050. The highest BCUT2D eigenvalue weighted by Crippen LogP contribution is 2.37. The van der Waals surface area contributed by atoms with Gasteiger partial charge in [0.25, 0.3) is 5.91 Å². The van der Waals surface area contributed by atoms with Crippen LogP contribution in [0.5, 0.6) is 5.75 Å². The van der Waals surface area contributed by atoms with Gasteiger partial charge in [-0.2, -0.15) is 21.8 Å². The summed E-state index contributed by atoms with van der Waals surface area (Å²) in [6.45, 7) is 0.481. The molecule has 0 aromatic heterocycles. The Morgan fingerprint density at radius 3 is 2.28 bits per heavy atom. The molecule has 0 aliphatic carbocycles. The molecule has 0 spiro atoms. The molecule has 1 heterocycles. The van der Waals surface area contributed by atoms with Crippen molar-refractivity contribution in [2.24, 2.45) is 0 Å². The van der Waals surface area contributed by atoms with Gasteiger partial charge in [-0.25, -0.2) is 9.36 Å². The number of aromatic carboxylic acids is 1. The van der Waals surface area contributed by atoms with Gasteiger partial charge >= 0.3 is 13.7 Å². The zero-order chi connectivity index (χ0) is 23.4. The molecular formula is C20H21N2O8PS. The van der Waals surface area contributed by atoms with Crippen LogP contribution in [0.4, 0.5) is 0 Å². The number of benzene rings is 2. The second-order valence-electron chi connectivity index (χ2n) is 7.14. The van der Waals surface area contributed by atoms with E-state index in [0.29, 0.717) is 23.6 Å². The van der Waals surface area contributed by atoms with Crippen molar-refractivity contribution in [3.05, 3.63) is 65.2 Å². The first-order valence-electron chi connectivity index (χ1n) is 9.54. The average Bonchev–Trinajstić information content (AvgIpc) is 2.89. The maximum Gasteiger partial charge on any atom is 0.524 e. The summed E-state index contributed by atoms with van der Waals surface area (Å²) in [5, 5.41) is 11.0. The highest BCUT2D eigenvalue weighted by molar-refractivity contribution is 7.99. The van der Waals surface area contributed by atoms with Gasteiger partial charge < -0.3 is 14.4 Å². The molecule has 170 valence electrons. The molecule has 0 saturated carbocycles. The number of carbonyl (C=O) groups excluding carboxylic acids is 3. The van der Waals surface area contributed by atoms with E-state index in [4.69, 9.17) is 9.79 Å². The van der Waals surface area contributed by atoms with Crippen molar-refractivity contribution in [1.29, 1.82) is 0 Å². The summed E-state index contributed by atoms with van der Waals surface area (Å²) < 4.78 is 15.1. The SMILES string of the molecule is O=C([O-])c1ccc(C[N+]2(NC(=O)c3ccc(OP(=O)(O)O)cc3)CCSCCC2=O)cc1. The summed E-state index contributed by atoms with van der Waals surface area (Å²) in [5.74, 6) is -0.852. The van der Waals surface area contributed by atoms with Gasteiger partial charge in [0.05, 0.1) is 12.4 Å². The van der Waals surface area contributed by atoms with Crippen LogP contribution in [0.3, 0.4) is 0 Å². The molecule has 3 N–H and O–H groups in total. The molecule has 32 heavy (non-hydrogen) atoms. The van der Waals surface area contributed by atoms with E-state index in [1.54, 1.807) is 23.9 Å². The molecule has 1 atom stereocenters. The molecule has 2 amide bonds. The number of amides is 2. The first kappa shape index (κ1) is 24.0. The van der Waals surface area contributed by atoms with Gasteiger partial charge in [-0.1, -0.05) is 24.3 Å². The number of thioether (sulfide) groups is 1. The average molecular weight is 480 g/mol. The zero-order valence-electron chi connectivity index (χ0n) is 16.8. The third-order valence-corrected chi connectivity index (χ3v) is 6.27. The quantitative estimate of drug-likeness (QED) is 0.387. The van der Waals surface area contributed by atoms with Crippen molar-refractivity contribution >= 4 is 37.4 Å². The third kappa shape index (κ3) is 6.18. The van der Waals surface area contributed by atoms with E-state index in [9.17, 15) is 24.1 Å². The number of carboxylic acids is 1. The third-order valence-electron chi connectivity index (χ3n) is 4.85. The fourth-order valence-electron chi connectivity index (χ4n) is 3.27. The van der Waals surface area contributed by atoms with E-state index in [0.717, 1.165) is 0 Å². The van der Waals surface area contributed by atoms with E-state index in [1.807, 2.05) is 0 Å². The topological polar surface area (TPSA) is 153 Å². The van der Waals surface area contributed by atoms with Crippen LogP contribution in [-0.4, -0.2) is 50.2 Å². The van der Waals surface area contributed by atoms with Crippen LogP contribution in [0.15, 0.2) is 48.5 Å². The lowest BCUT2D eigenvalue weighted by molar-refractivity contribution is -0.899. The number of carbonyl (C=O) groups is 3. The molecule has 2 aromatic carbocycles. The highest BCUT2D eigenvalue weighted by atomic mass is 32.2. The minimum Gasteiger partial charge on any atom is -0.545 e. The standard InChI is InChI=1S/C20H21N2O8PS/c23-18-9-11-32-12-10-22(18,13-14-1-3-16(4-2-14)20(25)26)21-19(24)15-5-7-17(8-6-15)30-31(27,28)29/h1-8H,9-13H2,(H3-,21,24,25,26,27,28,29). The fraction of sp³-hybridized carbons (Fsp3) is 0.250. The van der Waals surface area contributed by atoms with Gasteiger partial charge in [-0.15, -0.1) is 0 Å². The van der Waals surface area contributed by atoms with Crippen molar-refractivity contribution in [2.45, 2.75) is 13.0 Å². The molecular weight excluding hydrogens is 459 g/mol. The first-order valence-corrected chi connectivity index (χ1v) is 12.2. The number of nitrogens with zero attached hydrogens (tertiary/aromatic N) is 1. The number of carboxylic acid groups (broad SMARTS) is 1. The second kappa shape index (κ2) is 9.85. The number of quaternary nitrogens is 1. The number of rotatable bonds is 7. The molecule has 1 unspecified atom stereocenters. The van der Waals surface area contributed by atoms with Crippen LogP contribution in [0.2, 0.25) is 0 Å². The molecule has 1 aliphatic rings. The summed E-state index contributed by atoms with van der Waals surface area (Å²) in [5.41, 5.74) is 3.66. The summed E-state index contributed by atoms with van der Waals surface area (Å²) in [6, 6.07) is 11.1. The van der Waals surface area contributed by atoms with Gasteiger partial charge in [-0.3, -0.25) is 14.6 Å². The van der Waals surface area contributed by atoms with Gasteiger partial charge in [0.2, 0.25) is 0 Å². The van der Waals surface area contributed by atoms with E-state index < -0.39 is 19.7 Å². The predicted molar refractivity (Wildman–Crippen MR) is 113 cm³/mol. The van der Waals surface area contributed by atoms with Gasteiger partial charge in [0, 0.05) is 22.6 Å². The van der Waals surface area contributed by atoms with E-state index in [1.165, 1.54) is 36.4 Å². The molecule has 1 aliphatic heterocycles. The van der Waals surface area contributed by atoms with Crippen LogP contribution in [0.25, 0.3) is 0 Å². The number of nitrogens with one attached hydrogen (secondary N) is 1. The summed E-state index contributed by atoms with van der Waals surface area (Å²) in [6.07, 6.45) is 0.261. The number of phosphoric ester groups is 1. The Morgan fingerprint density at radius 2 is 1.69 bits per heavy atom.